The molecule has 1 N–H and O–H groups in total. The molecule has 1 aliphatic rings. The Bertz CT molecular complexity index is 1050. The van der Waals surface area contributed by atoms with Crippen molar-refractivity contribution in [3.05, 3.63) is 82.1 Å². The molecule has 0 saturated heterocycles. The van der Waals surface area contributed by atoms with Gasteiger partial charge in [0.2, 0.25) is 6.79 Å². The van der Waals surface area contributed by atoms with Crippen molar-refractivity contribution in [2.75, 3.05) is 13.9 Å². The van der Waals surface area contributed by atoms with Gasteiger partial charge in [-0.3, -0.25) is 0 Å². The number of hydrogen-bond donors (Lipinski definition) is 1. The first-order chi connectivity index (χ1) is 14.6. The van der Waals surface area contributed by atoms with Crippen LogP contribution in [0.15, 0.2) is 54.6 Å². The topological polar surface area (TPSA) is 49.0 Å². The summed E-state index contributed by atoms with van der Waals surface area (Å²) in [5.41, 5.74) is 2.48. The maximum Gasteiger partial charge on any atom is 0.231 e. The van der Waals surface area contributed by atoms with Crippen molar-refractivity contribution in [2.24, 2.45) is 0 Å². The molecule has 0 radical (unpaired) electrons. The molecule has 0 spiro atoms. The number of nitrogens with one attached hydrogen (secondary N) is 1. The van der Waals surface area contributed by atoms with Gasteiger partial charge in [0.15, 0.2) is 23.0 Å². The Labute approximate surface area is 191 Å². The van der Waals surface area contributed by atoms with E-state index in [1.54, 1.807) is 25.3 Å². The molecule has 3 aromatic carbocycles. The predicted octanol–water partition coefficient (Wildman–Crippen LogP) is 5.51. The van der Waals surface area contributed by atoms with Crippen molar-refractivity contribution < 1.29 is 23.3 Å². The van der Waals surface area contributed by atoms with Crippen molar-refractivity contribution in [3.8, 4) is 23.0 Å². The van der Waals surface area contributed by atoms with Gasteiger partial charge in [-0.05, 0) is 41.5 Å². The molecule has 8 heteroatoms. The fourth-order valence-corrected chi connectivity index (χ4v) is 3.47. The van der Waals surface area contributed by atoms with Gasteiger partial charge in [-0.2, -0.15) is 0 Å². The van der Waals surface area contributed by atoms with Gasteiger partial charge >= 0.3 is 0 Å². The fourth-order valence-electron chi connectivity index (χ4n) is 3.18. The highest BCUT2D eigenvalue weighted by atomic mass is 35.5. The third-order valence-electron chi connectivity index (χ3n) is 4.71. The monoisotopic (exact) mass is 465 g/mol. The lowest BCUT2D eigenvalue weighted by molar-refractivity contribution is 0.174. The van der Waals surface area contributed by atoms with Crippen molar-refractivity contribution in [3.63, 3.8) is 0 Å². The summed E-state index contributed by atoms with van der Waals surface area (Å²) in [5, 5.41) is 3.78. The van der Waals surface area contributed by atoms with E-state index in [0.717, 1.165) is 22.6 Å². The van der Waals surface area contributed by atoms with E-state index in [0.29, 0.717) is 35.2 Å². The zero-order valence-electron chi connectivity index (χ0n) is 16.8. The molecular formula is C23H22Cl2FNO4. The van der Waals surface area contributed by atoms with Crippen LogP contribution in [0.2, 0.25) is 5.02 Å². The van der Waals surface area contributed by atoms with Crippen LogP contribution in [-0.4, -0.2) is 13.9 Å². The van der Waals surface area contributed by atoms with Gasteiger partial charge in [0.05, 0.1) is 12.1 Å². The highest BCUT2D eigenvalue weighted by molar-refractivity contribution is 6.32. The zero-order valence-corrected chi connectivity index (χ0v) is 18.4. The first-order valence-electron chi connectivity index (χ1n) is 9.46. The Morgan fingerprint density at radius 2 is 1.77 bits per heavy atom. The maximum absolute atomic E-state index is 13.8. The Balaban J connectivity index is 0.00000272. The summed E-state index contributed by atoms with van der Waals surface area (Å²) >= 11 is 6.42. The third kappa shape index (κ3) is 5.53. The van der Waals surface area contributed by atoms with E-state index in [4.69, 9.17) is 30.5 Å². The second-order valence-corrected chi connectivity index (χ2v) is 7.19. The molecule has 4 rings (SSSR count). The van der Waals surface area contributed by atoms with E-state index >= 15 is 0 Å². The van der Waals surface area contributed by atoms with Gasteiger partial charge in [0, 0.05) is 18.7 Å². The summed E-state index contributed by atoms with van der Waals surface area (Å²) in [5.74, 6) is 2.09. The fraction of sp³-hybridized carbons (Fsp3) is 0.217. The largest absolute Gasteiger partial charge is 0.493 e. The van der Waals surface area contributed by atoms with Crippen LogP contribution in [0.1, 0.15) is 16.7 Å². The minimum Gasteiger partial charge on any atom is -0.493 e. The van der Waals surface area contributed by atoms with Crippen LogP contribution < -0.4 is 24.3 Å². The van der Waals surface area contributed by atoms with Crippen molar-refractivity contribution in [1.29, 1.82) is 0 Å². The molecule has 3 aromatic rings. The number of halogens is 3. The maximum atomic E-state index is 13.8. The quantitative estimate of drug-likeness (QED) is 0.475. The Morgan fingerprint density at radius 3 is 2.58 bits per heavy atom. The van der Waals surface area contributed by atoms with Crippen molar-refractivity contribution >= 4 is 24.0 Å². The highest BCUT2D eigenvalue weighted by Gasteiger charge is 2.15. The smallest absolute Gasteiger partial charge is 0.231 e. The highest BCUT2D eigenvalue weighted by Crippen LogP contribution is 2.37. The minimum atomic E-state index is -0.322. The molecule has 1 aliphatic heterocycles. The lowest BCUT2D eigenvalue weighted by Crippen LogP contribution is -2.13. The molecule has 31 heavy (non-hydrogen) atoms. The number of methoxy groups -OCH3 is 1. The summed E-state index contributed by atoms with van der Waals surface area (Å²) in [6, 6.07) is 16.0. The number of fused-ring (bicyclic) bond motifs is 1. The molecule has 0 amide bonds. The van der Waals surface area contributed by atoms with Crippen LogP contribution in [-0.2, 0) is 19.7 Å². The van der Waals surface area contributed by atoms with Crippen LogP contribution >= 0.6 is 24.0 Å². The van der Waals surface area contributed by atoms with E-state index < -0.39 is 0 Å². The summed E-state index contributed by atoms with van der Waals surface area (Å²) in [4.78, 5) is 0. The average Bonchev–Trinajstić information content (AvgIpc) is 3.21. The second-order valence-electron chi connectivity index (χ2n) is 6.78. The number of ether oxygens (including phenoxy) is 4. The first-order valence-corrected chi connectivity index (χ1v) is 9.83. The minimum absolute atomic E-state index is 0. The van der Waals surface area contributed by atoms with E-state index in [9.17, 15) is 4.39 Å². The molecule has 0 unspecified atom stereocenters. The SMILES string of the molecule is COc1cc(CNCc2ccc3c(c2)OCO3)cc(Cl)c1OCc1ccccc1F.Cl. The summed E-state index contributed by atoms with van der Waals surface area (Å²) in [7, 11) is 1.55. The first kappa shape index (κ1) is 23.0. The third-order valence-corrected chi connectivity index (χ3v) is 5.00. The Morgan fingerprint density at radius 1 is 1.00 bits per heavy atom. The molecule has 0 atom stereocenters. The van der Waals surface area contributed by atoms with Gasteiger partial charge in [0.1, 0.15) is 12.4 Å². The zero-order chi connectivity index (χ0) is 20.9. The predicted molar refractivity (Wildman–Crippen MR) is 119 cm³/mol. The molecule has 0 aliphatic carbocycles. The van der Waals surface area contributed by atoms with Gasteiger partial charge in [-0.1, -0.05) is 35.9 Å². The average molecular weight is 466 g/mol. The van der Waals surface area contributed by atoms with Crippen molar-refractivity contribution in [2.45, 2.75) is 19.7 Å². The molecule has 0 fully saturated rings. The lowest BCUT2D eigenvalue weighted by Gasteiger charge is -2.15. The molecule has 0 bridgehead atoms. The summed E-state index contributed by atoms with van der Waals surface area (Å²) in [6.45, 7) is 1.56. The number of hydrogen-bond acceptors (Lipinski definition) is 5. The second kappa shape index (κ2) is 10.6. The standard InChI is InChI=1S/C23H21ClFNO4.ClH/c1-27-22-10-16(12-26-11-15-6-7-20-21(9-15)30-14-29-20)8-18(24)23(22)28-13-17-4-2-3-5-19(17)25;/h2-10,26H,11-14H2,1H3;1H. The number of rotatable bonds is 8. The summed E-state index contributed by atoms with van der Waals surface area (Å²) < 4.78 is 35.7. The summed E-state index contributed by atoms with van der Waals surface area (Å²) in [6.07, 6.45) is 0. The molecule has 0 saturated carbocycles. The van der Waals surface area contributed by atoms with Gasteiger partial charge in [0.25, 0.3) is 0 Å². The van der Waals surface area contributed by atoms with E-state index in [1.807, 2.05) is 30.3 Å². The van der Waals surface area contributed by atoms with Crippen molar-refractivity contribution in [1.82, 2.24) is 5.32 Å². The van der Waals surface area contributed by atoms with Crippen LogP contribution in [0.5, 0.6) is 23.0 Å². The van der Waals surface area contributed by atoms with Crippen LogP contribution in [0.4, 0.5) is 4.39 Å². The Hall–Kier alpha value is -2.67. The van der Waals surface area contributed by atoms with Gasteiger partial charge in [-0.15, -0.1) is 12.4 Å². The van der Waals surface area contributed by atoms with Crippen LogP contribution in [0, 0.1) is 5.82 Å². The van der Waals surface area contributed by atoms with Crippen LogP contribution in [0.25, 0.3) is 0 Å². The van der Waals surface area contributed by atoms with Gasteiger partial charge < -0.3 is 24.3 Å². The lowest BCUT2D eigenvalue weighted by atomic mass is 10.1. The van der Waals surface area contributed by atoms with E-state index in [2.05, 4.69) is 5.32 Å². The Kier molecular flexibility index (Phi) is 7.85. The molecule has 5 nitrogen and oxygen atoms in total. The molecule has 0 aromatic heterocycles. The molecule has 1 heterocycles. The molecular weight excluding hydrogens is 444 g/mol. The van der Waals surface area contributed by atoms with E-state index in [-0.39, 0.29) is 31.6 Å². The molecule has 164 valence electrons. The normalized spacial score (nSPS) is 11.7. The van der Waals surface area contributed by atoms with E-state index in [1.165, 1.54) is 6.07 Å². The van der Waals surface area contributed by atoms with Gasteiger partial charge in [-0.25, -0.2) is 4.39 Å². The van der Waals surface area contributed by atoms with Crippen LogP contribution in [0.3, 0.4) is 0 Å². The number of benzene rings is 3.